The number of benzene rings is 1. The predicted molar refractivity (Wildman–Crippen MR) is 108 cm³/mol. The smallest absolute Gasteiger partial charge is 0.307 e. The zero-order valence-electron chi connectivity index (χ0n) is 16.3. The molecule has 2 N–H and O–H groups in total. The number of rotatable bonds is 3. The molecule has 0 radical (unpaired) electrons. The number of fused-ring (bicyclic) bond motifs is 3. The molecule has 8 heteroatoms. The van der Waals surface area contributed by atoms with Gasteiger partial charge in [-0.05, 0) is 86.7 Å². The molecule has 5 rings (SSSR count). The molecule has 0 saturated carbocycles. The summed E-state index contributed by atoms with van der Waals surface area (Å²) in [7, 11) is -1.79. The fourth-order valence-electron chi connectivity index (χ4n) is 5.62. The highest BCUT2D eigenvalue weighted by Gasteiger charge is 2.44. The molecule has 7 nitrogen and oxygen atoms in total. The van der Waals surface area contributed by atoms with Gasteiger partial charge in [0.2, 0.25) is 0 Å². The normalized spacial score (nSPS) is 26.9. The lowest BCUT2D eigenvalue weighted by molar-refractivity contribution is 0.255. The van der Waals surface area contributed by atoms with Crippen LogP contribution in [0.4, 0.5) is 10.5 Å². The van der Waals surface area contributed by atoms with Crippen LogP contribution >= 0.6 is 0 Å². The lowest BCUT2D eigenvalue weighted by atomic mass is 9.99. The summed E-state index contributed by atoms with van der Waals surface area (Å²) in [5, 5.41) is 2.92. The first kappa shape index (κ1) is 18.4. The second-order valence-electron chi connectivity index (χ2n) is 8.71. The van der Waals surface area contributed by atoms with Crippen LogP contribution in [0.5, 0.6) is 0 Å². The van der Waals surface area contributed by atoms with Crippen molar-refractivity contribution in [2.24, 2.45) is 5.92 Å². The zero-order chi connectivity index (χ0) is 19.5. The molecule has 2 unspecified atom stereocenters. The molecule has 0 bridgehead atoms. The Kier molecular flexibility index (Phi) is 4.41. The standard InChI is InChI=1S/C20H28N4O3S/c1-23-9-8-15-11-24(12-18(15)23)28(26,27)22-20(25)21-19-16-6-2-4-13(16)10-14-5-3-7-17(14)19/h10,15,18H,2-9,11-12H2,1H3,(H2,21,22,25). The molecule has 1 aromatic carbocycles. The van der Waals surface area contributed by atoms with Gasteiger partial charge in [0.1, 0.15) is 0 Å². The number of likely N-dealkylation sites (N-methyl/N-ethyl adjacent to an activating group) is 1. The predicted octanol–water partition coefficient (Wildman–Crippen LogP) is 1.67. The number of amides is 2. The summed E-state index contributed by atoms with van der Waals surface area (Å²) in [6.07, 6.45) is 7.19. The van der Waals surface area contributed by atoms with Gasteiger partial charge in [-0.15, -0.1) is 0 Å². The number of hydrogen-bond donors (Lipinski definition) is 2. The first-order valence-corrected chi connectivity index (χ1v) is 11.8. The number of anilines is 1. The maximum Gasteiger partial charge on any atom is 0.333 e. The summed E-state index contributed by atoms with van der Waals surface area (Å²) in [6.45, 7) is 1.97. The number of nitrogens with zero attached hydrogens (tertiary/aromatic N) is 2. The molecule has 2 atom stereocenters. The average molecular weight is 405 g/mol. The summed E-state index contributed by atoms with van der Waals surface area (Å²) in [5.41, 5.74) is 5.90. The van der Waals surface area contributed by atoms with E-state index in [0.717, 1.165) is 57.2 Å². The highest BCUT2D eigenvalue weighted by atomic mass is 32.2. The van der Waals surface area contributed by atoms with Gasteiger partial charge in [0, 0.05) is 24.8 Å². The fourth-order valence-corrected chi connectivity index (χ4v) is 6.77. The van der Waals surface area contributed by atoms with Gasteiger partial charge >= 0.3 is 16.2 Å². The van der Waals surface area contributed by atoms with E-state index >= 15 is 0 Å². The van der Waals surface area contributed by atoms with E-state index < -0.39 is 16.2 Å². The lowest BCUT2D eigenvalue weighted by Gasteiger charge is -2.21. The second kappa shape index (κ2) is 6.71. The first-order chi connectivity index (χ1) is 13.4. The maximum atomic E-state index is 12.8. The SMILES string of the molecule is CN1CCC2CN(S(=O)(=O)NC(=O)Nc3c4c(cc5c3CCC5)CCC4)CC21. The number of urea groups is 1. The molecule has 4 aliphatic rings. The van der Waals surface area contributed by atoms with Gasteiger partial charge in [0.05, 0.1) is 0 Å². The largest absolute Gasteiger partial charge is 0.333 e. The maximum absolute atomic E-state index is 12.8. The average Bonchev–Trinajstić information content (AvgIpc) is 3.39. The van der Waals surface area contributed by atoms with Gasteiger partial charge in [0.15, 0.2) is 0 Å². The van der Waals surface area contributed by atoms with Crippen LogP contribution < -0.4 is 10.0 Å². The van der Waals surface area contributed by atoms with Crippen LogP contribution in [0.3, 0.4) is 0 Å². The van der Waals surface area contributed by atoms with Gasteiger partial charge in [-0.3, -0.25) is 0 Å². The molecule has 2 fully saturated rings. The van der Waals surface area contributed by atoms with E-state index in [1.54, 1.807) is 0 Å². The van der Waals surface area contributed by atoms with Gasteiger partial charge in [-0.25, -0.2) is 9.52 Å². The molecule has 0 spiro atoms. The number of nitrogens with one attached hydrogen (secondary N) is 2. The van der Waals surface area contributed by atoms with E-state index in [0.29, 0.717) is 19.0 Å². The molecular formula is C20H28N4O3S. The summed E-state index contributed by atoms with van der Waals surface area (Å²) in [5.74, 6) is 0.366. The summed E-state index contributed by atoms with van der Waals surface area (Å²) >= 11 is 0. The highest BCUT2D eigenvalue weighted by molar-refractivity contribution is 7.87. The van der Waals surface area contributed by atoms with Crippen LogP contribution in [0.25, 0.3) is 0 Å². The van der Waals surface area contributed by atoms with Crippen LogP contribution in [0.1, 0.15) is 41.5 Å². The zero-order valence-corrected chi connectivity index (χ0v) is 17.1. The van der Waals surface area contributed by atoms with Gasteiger partial charge in [0.25, 0.3) is 0 Å². The Balaban J connectivity index is 1.32. The van der Waals surface area contributed by atoms with Gasteiger partial charge in [-0.2, -0.15) is 12.7 Å². The van der Waals surface area contributed by atoms with Crippen molar-refractivity contribution in [3.05, 3.63) is 28.3 Å². The lowest BCUT2D eigenvalue weighted by Crippen LogP contribution is -2.45. The Morgan fingerprint density at radius 3 is 2.39 bits per heavy atom. The number of likely N-dealkylation sites (tertiary alicyclic amines) is 1. The van der Waals surface area contributed by atoms with E-state index in [9.17, 15) is 13.2 Å². The third kappa shape index (κ3) is 3.02. The van der Waals surface area contributed by atoms with Crippen LogP contribution in [0.2, 0.25) is 0 Å². The van der Waals surface area contributed by atoms with Crippen molar-refractivity contribution in [2.45, 2.75) is 51.0 Å². The monoisotopic (exact) mass is 404 g/mol. The summed E-state index contributed by atoms with van der Waals surface area (Å²) < 4.78 is 29.2. The van der Waals surface area contributed by atoms with Gasteiger partial charge < -0.3 is 10.2 Å². The Labute approximate surface area is 166 Å². The van der Waals surface area contributed by atoms with E-state index in [1.165, 1.54) is 26.6 Å². The van der Waals surface area contributed by atoms with Crippen molar-refractivity contribution in [3.8, 4) is 0 Å². The molecule has 2 aliphatic heterocycles. The topological polar surface area (TPSA) is 81.8 Å². The first-order valence-electron chi connectivity index (χ1n) is 10.4. The highest BCUT2D eigenvalue weighted by Crippen LogP contribution is 2.38. The number of aryl methyl sites for hydroxylation is 2. The molecule has 2 heterocycles. The van der Waals surface area contributed by atoms with Crippen molar-refractivity contribution in [3.63, 3.8) is 0 Å². The van der Waals surface area contributed by atoms with Gasteiger partial charge in [-0.1, -0.05) is 6.07 Å². The van der Waals surface area contributed by atoms with E-state index in [4.69, 9.17) is 0 Å². The van der Waals surface area contributed by atoms with Crippen molar-refractivity contribution < 1.29 is 13.2 Å². The van der Waals surface area contributed by atoms with Crippen molar-refractivity contribution in [1.29, 1.82) is 0 Å². The van der Waals surface area contributed by atoms with E-state index in [1.807, 2.05) is 7.05 Å². The summed E-state index contributed by atoms with van der Waals surface area (Å²) in [6, 6.07) is 1.92. The fraction of sp³-hybridized carbons (Fsp3) is 0.650. The minimum absolute atomic E-state index is 0.264. The molecule has 2 amide bonds. The molecule has 152 valence electrons. The third-order valence-electron chi connectivity index (χ3n) is 7.06. The molecule has 1 aromatic rings. The minimum Gasteiger partial charge on any atom is -0.307 e. The second-order valence-corrected chi connectivity index (χ2v) is 10.4. The van der Waals surface area contributed by atoms with E-state index in [2.05, 4.69) is 21.0 Å². The summed E-state index contributed by atoms with van der Waals surface area (Å²) in [4.78, 5) is 14.9. The molecule has 2 saturated heterocycles. The Morgan fingerprint density at radius 2 is 1.75 bits per heavy atom. The Morgan fingerprint density at radius 1 is 1.07 bits per heavy atom. The quantitative estimate of drug-likeness (QED) is 0.803. The third-order valence-corrected chi connectivity index (χ3v) is 8.49. The number of hydrogen-bond acceptors (Lipinski definition) is 4. The van der Waals surface area contributed by atoms with Crippen LogP contribution in [-0.4, -0.2) is 56.4 Å². The van der Waals surface area contributed by atoms with E-state index in [-0.39, 0.29) is 6.04 Å². The molecule has 2 aliphatic carbocycles. The molecule has 0 aromatic heterocycles. The van der Waals surface area contributed by atoms with Crippen molar-refractivity contribution >= 4 is 21.9 Å². The van der Waals surface area contributed by atoms with Crippen LogP contribution in [-0.2, 0) is 35.9 Å². The number of carbonyl (C=O) groups excluding carboxylic acids is 1. The van der Waals surface area contributed by atoms with Crippen molar-refractivity contribution in [2.75, 3.05) is 32.0 Å². The van der Waals surface area contributed by atoms with Crippen molar-refractivity contribution in [1.82, 2.24) is 13.9 Å². The Bertz CT molecular complexity index is 898. The minimum atomic E-state index is -3.83. The number of carbonyl (C=O) groups is 1. The van der Waals surface area contributed by atoms with Crippen LogP contribution in [0.15, 0.2) is 6.07 Å². The molecule has 28 heavy (non-hydrogen) atoms. The Hall–Kier alpha value is -1.64. The van der Waals surface area contributed by atoms with Crippen LogP contribution in [0, 0.1) is 5.92 Å². The molecular weight excluding hydrogens is 376 g/mol.